The minimum absolute atomic E-state index is 0.0720. The monoisotopic (exact) mass is 448 g/mol. The highest BCUT2D eigenvalue weighted by Gasteiger charge is 2.46. The number of benzene rings is 2. The number of ether oxygens (including phenoxy) is 1. The number of nitrogens with one attached hydrogen (secondary N) is 1. The molecule has 1 atom stereocenters. The highest BCUT2D eigenvalue weighted by Crippen LogP contribution is 2.38. The Labute approximate surface area is 179 Å². The predicted octanol–water partition coefficient (Wildman–Crippen LogP) is 2.58. The SMILES string of the molecule is COC(=O)Nc1ccc(C2(C(=O)O)N=c3cc(Cl)cc(Cl)c3=C2/C=C\C(=O)O)cc1. The molecule has 0 aromatic heterocycles. The summed E-state index contributed by atoms with van der Waals surface area (Å²) in [7, 11) is 1.21. The number of carbonyl (C=O) groups is 3. The summed E-state index contributed by atoms with van der Waals surface area (Å²) in [5.74, 6) is -2.61. The van der Waals surface area contributed by atoms with Crippen molar-refractivity contribution in [1.82, 2.24) is 0 Å². The summed E-state index contributed by atoms with van der Waals surface area (Å²) in [5, 5.41) is 22.6. The van der Waals surface area contributed by atoms with Gasteiger partial charge < -0.3 is 14.9 Å². The van der Waals surface area contributed by atoms with E-state index in [9.17, 15) is 19.5 Å². The van der Waals surface area contributed by atoms with E-state index in [-0.39, 0.29) is 31.8 Å². The molecule has 0 fully saturated rings. The Morgan fingerprint density at radius 1 is 1.13 bits per heavy atom. The van der Waals surface area contributed by atoms with Gasteiger partial charge in [0.05, 0.1) is 17.5 Å². The molecule has 0 spiro atoms. The number of methoxy groups -OCH3 is 1. The summed E-state index contributed by atoms with van der Waals surface area (Å²) >= 11 is 12.3. The minimum atomic E-state index is -1.97. The fourth-order valence-electron chi connectivity index (χ4n) is 3.17. The van der Waals surface area contributed by atoms with E-state index in [0.717, 1.165) is 12.2 Å². The topological polar surface area (TPSA) is 125 Å². The van der Waals surface area contributed by atoms with Crippen LogP contribution in [0.25, 0.3) is 5.57 Å². The van der Waals surface area contributed by atoms with Crippen molar-refractivity contribution in [3.63, 3.8) is 0 Å². The molecule has 0 aliphatic carbocycles. The molecule has 3 rings (SSSR count). The number of hydrogen-bond donors (Lipinski definition) is 3. The first-order valence-corrected chi connectivity index (χ1v) is 9.14. The van der Waals surface area contributed by atoms with E-state index in [4.69, 9.17) is 28.3 Å². The van der Waals surface area contributed by atoms with Crippen LogP contribution in [0.15, 0.2) is 53.5 Å². The zero-order valence-electron chi connectivity index (χ0n) is 15.3. The number of aliphatic carboxylic acids is 2. The zero-order valence-corrected chi connectivity index (χ0v) is 16.9. The summed E-state index contributed by atoms with van der Waals surface area (Å²) in [4.78, 5) is 39.4. The third kappa shape index (κ3) is 3.74. The second kappa shape index (κ2) is 8.17. The van der Waals surface area contributed by atoms with Gasteiger partial charge in [-0.05, 0) is 35.9 Å². The molecule has 10 heteroatoms. The molecular weight excluding hydrogens is 435 g/mol. The smallest absolute Gasteiger partial charge is 0.411 e. The molecule has 3 N–H and O–H groups in total. The lowest BCUT2D eigenvalue weighted by Crippen LogP contribution is -2.34. The second-order valence-corrected chi connectivity index (χ2v) is 7.03. The molecule has 0 bridgehead atoms. The fraction of sp³-hybridized carbons (Fsp3) is 0.100. The van der Waals surface area contributed by atoms with Gasteiger partial charge in [-0.25, -0.2) is 14.4 Å². The molecule has 0 radical (unpaired) electrons. The second-order valence-electron chi connectivity index (χ2n) is 6.19. The third-order valence-corrected chi connectivity index (χ3v) is 4.93. The van der Waals surface area contributed by atoms with Crippen LogP contribution in [0.4, 0.5) is 10.5 Å². The van der Waals surface area contributed by atoms with Crippen LogP contribution >= 0.6 is 23.2 Å². The van der Waals surface area contributed by atoms with E-state index in [1.54, 1.807) is 0 Å². The van der Waals surface area contributed by atoms with E-state index in [1.165, 1.54) is 43.5 Å². The van der Waals surface area contributed by atoms with Crippen molar-refractivity contribution in [3.05, 3.63) is 74.7 Å². The van der Waals surface area contributed by atoms with Gasteiger partial charge in [0.1, 0.15) is 0 Å². The van der Waals surface area contributed by atoms with Gasteiger partial charge in [-0.3, -0.25) is 10.3 Å². The largest absolute Gasteiger partial charge is 0.479 e. The van der Waals surface area contributed by atoms with Crippen molar-refractivity contribution in [3.8, 4) is 0 Å². The van der Waals surface area contributed by atoms with E-state index >= 15 is 0 Å². The Balaban J connectivity index is 2.28. The summed E-state index contributed by atoms with van der Waals surface area (Å²) in [6.07, 6.45) is 1.29. The number of nitrogens with zero attached hydrogens (tertiary/aromatic N) is 1. The number of fused-ring (bicyclic) bond motifs is 1. The molecule has 154 valence electrons. The summed E-state index contributed by atoms with van der Waals surface area (Å²) in [6, 6.07) is 8.74. The van der Waals surface area contributed by atoms with Crippen LogP contribution < -0.4 is 15.9 Å². The normalized spacial score (nSPS) is 17.4. The van der Waals surface area contributed by atoms with Crippen molar-refractivity contribution in [2.45, 2.75) is 5.54 Å². The lowest BCUT2D eigenvalue weighted by molar-refractivity contribution is -0.141. The van der Waals surface area contributed by atoms with Crippen molar-refractivity contribution in [2.75, 3.05) is 12.4 Å². The maximum atomic E-state index is 12.5. The van der Waals surface area contributed by atoms with Crippen LogP contribution in [0.1, 0.15) is 5.56 Å². The lowest BCUT2D eigenvalue weighted by Gasteiger charge is -2.24. The van der Waals surface area contributed by atoms with Crippen LogP contribution in [-0.2, 0) is 19.9 Å². The summed E-state index contributed by atoms with van der Waals surface area (Å²) in [5.41, 5.74) is -1.31. The van der Waals surface area contributed by atoms with Crippen LogP contribution in [-0.4, -0.2) is 35.4 Å². The number of hydrogen-bond acceptors (Lipinski definition) is 5. The molecule has 2 aromatic rings. The Hall–Kier alpha value is -3.36. The van der Waals surface area contributed by atoms with Crippen molar-refractivity contribution >= 4 is 52.5 Å². The molecule has 1 heterocycles. The average Bonchev–Trinajstić information content (AvgIpc) is 3.02. The zero-order chi connectivity index (χ0) is 22.1. The van der Waals surface area contributed by atoms with E-state index in [0.29, 0.717) is 5.69 Å². The summed E-state index contributed by atoms with van der Waals surface area (Å²) in [6.45, 7) is 0. The molecule has 0 saturated carbocycles. The molecule has 2 aromatic carbocycles. The van der Waals surface area contributed by atoms with Gasteiger partial charge in [-0.2, -0.15) is 0 Å². The molecular formula is C20H14Cl2N2O6. The molecule has 1 unspecified atom stereocenters. The molecule has 1 amide bonds. The van der Waals surface area contributed by atoms with Gasteiger partial charge in [-0.15, -0.1) is 0 Å². The first-order chi connectivity index (χ1) is 14.2. The first kappa shape index (κ1) is 21.4. The lowest BCUT2D eigenvalue weighted by atomic mass is 9.83. The Morgan fingerprint density at radius 2 is 1.80 bits per heavy atom. The first-order valence-electron chi connectivity index (χ1n) is 8.38. The number of rotatable bonds is 5. The highest BCUT2D eigenvalue weighted by molar-refractivity contribution is 6.34. The van der Waals surface area contributed by atoms with Crippen LogP contribution in [0, 0.1) is 0 Å². The van der Waals surface area contributed by atoms with Gasteiger partial charge in [0, 0.05) is 27.6 Å². The molecule has 30 heavy (non-hydrogen) atoms. The molecule has 8 nitrogen and oxygen atoms in total. The number of carbonyl (C=O) groups excluding carboxylic acids is 1. The van der Waals surface area contributed by atoms with Gasteiger partial charge in [-0.1, -0.05) is 35.3 Å². The van der Waals surface area contributed by atoms with Gasteiger partial charge in [0.15, 0.2) is 0 Å². The Bertz CT molecular complexity index is 1210. The number of halogens is 2. The van der Waals surface area contributed by atoms with Crippen molar-refractivity contribution in [1.29, 1.82) is 0 Å². The third-order valence-electron chi connectivity index (χ3n) is 4.42. The van der Waals surface area contributed by atoms with E-state index in [2.05, 4.69) is 15.0 Å². The standard InChI is InChI=1S/C20H14Cl2N2O6/c1-30-19(29)23-12-4-2-10(3-5-12)20(18(27)28)13(6-7-16(25)26)17-14(22)8-11(21)9-15(17)24-20/h2-9H,1H3,(H,23,29)(H,25,26)(H,27,28)/b7-6-. The molecule has 1 aliphatic rings. The average molecular weight is 449 g/mol. The maximum Gasteiger partial charge on any atom is 0.411 e. The van der Waals surface area contributed by atoms with Crippen molar-refractivity contribution < 1.29 is 29.3 Å². The fourth-order valence-corrected chi connectivity index (χ4v) is 3.75. The number of amides is 1. The number of carboxylic acids is 2. The summed E-state index contributed by atoms with van der Waals surface area (Å²) < 4.78 is 4.52. The van der Waals surface area contributed by atoms with Crippen LogP contribution in [0.3, 0.4) is 0 Å². The number of carboxylic acid groups (broad SMARTS) is 2. The minimum Gasteiger partial charge on any atom is -0.479 e. The predicted molar refractivity (Wildman–Crippen MR) is 109 cm³/mol. The molecule has 0 saturated heterocycles. The van der Waals surface area contributed by atoms with Gasteiger partial charge >= 0.3 is 18.0 Å². The van der Waals surface area contributed by atoms with Crippen LogP contribution in [0.2, 0.25) is 10.0 Å². The van der Waals surface area contributed by atoms with Gasteiger partial charge in [0.25, 0.3) is 0 Å². The molecule has 1 aliphatic heterocycles. The van der Waals surface area contributed by atoms with Crippen LogP contribution in [0.5, 0.6) is 0 Å². The van der Waals surface area contributed by atoms with E-state index in [1.807, 2.05) is 0 Å². The van der Waals surface area contributed by atoms with Gasteiger partial charge in [0.2, 0.25) is 5.54 Å². The maximum absolute atomic E-state index is 12.5. The van der Waals surface area contributed by atoms with Crippen molar-refractivity contribution in [2.24, 2.45) is 4.99 Å². The quantitative estimate of drug-likeness (QED) is 0.603. The Morgan fingerprint density at radius 3 is 2.37 bits per heavy atom. The Kier molecular flexibility index (Phi) is 5.82. The van der Waals surface area contributed by atoms with E-state index < -0.39 is 23.6 Å². The number of anilines is 1. The highest BCUT2D eigenvalue weighted by atomic mass is 35.5.